The van der Waals surface area contributed by atoms with Gasteiger partial charge in [-0.25, -0.2) is 0 Å². The van der Waals surface area contributed by atoms with Crippen molar-refractivity contribution in [2.45, 2.75) is 46.6 Å². The van der Waals surface area contributed by atoms with E-state index in [2.05, 4.69) is 40.4 Å². The summed E-state index contributed by atoms with van der Waals surface area (Å²) in [5.41, 5.74) is 1.13. The summed E-state index contributed by atoms with van der Waals surface area (Å²) in [4.78, 5) is 25.3. The van der Waals surface area contributed by atoms with Crippen molar-refractivity contribution in [2.24, 2.45) is 5.92 Å². The zero-order valence-corrected chi connectivity index (χ0v) is 19.2. The van der Waals surface area contributed by atoms with Gasteiger partial charge < -0.3 is 15.4 Å². The van der Waals surface area contributed by atoms with E-state index in [1.165, 1.54) is 0 Å². The summed E-state index contributed by atoms with van der Waals surface area (Å²) in [6.45, 7) is 10.6. The van der Waals surface area contributed by atoms with Crippen LogP contribution in [0, 0.1) is 5.92 Å². The number of carbonyl (C=O) groups excluding carboxylic acids is 2. The molecule has 0 fully saturated rings. The first-order valence-electron chi connectivity index (χ1n) is 9.71. The topological polar surface area (TPSA) is 67.4 Å². The second kappa shape index (κ2) is 9.92. The van der Waals surface area contributed by atoms with Gasteiger partial charge in [0.05, 0.1) is 12.2 Å². The minimum atomic E-state index is -0.338. The normalized spacial score (nSPS) is 11.3. The van der Waals surface area contributed by atoms with E-state index in [4.69, 9.17) is 4.74 Å². The maximum absolute atomic E-state index is 12.9. The fraction of sp³-hybridized carbons (Fsp3) is 0.391. The lowest BCUT2D eigenvalue weighted by molar-refractivity contribution is 0.0918. The van der Waals surface area contributed by atoms with Gasteiger partial charge in [-0.3, -0.25) is 9.59 Å². The number of anilines is 1. The van der Waals surface area contributed by atoms with E-state index in [9.17, 15) is 9.59 Å². The Morgan fingerprint density at radius 3 is 2.45 bits per heavy atom. The average Bonchev–Trinajstić information content (AvgIpc) is 2.61. The highest BCUT2D eigenvalue weighted by molar-refractivity contribution is 9.10. The molecule has 0 aromatic heterocycles. The molecule has 2 rings (SSSR count). The maximum atomic E-state index is 12.9. The summed E-state index contributed by atoms with van der Waals surface area (Å²) in [7, 11) is 0. The Labute approximate surface area is 181 Å². The highest BCUT2D eigenvalue weighted by Crippen LogP contribution is 2.25. The molecule has 5 nitrogen and oxygen atoms in total. The highest BCUT2D eigenvalue weighted by atomic mass is 79.9. The number of amides is 2. The first-order chi connectivity index (χ1) is 13.5. The molecule has 0 spiro atoms. The molecule has 2 aromatic rings. The lowest BCUT2D eigenvalue weighted by atomic mass is 10.1. The number of ether oxygens (including phenoxy) is 1. The first kappa shape index (κ1) is 22.9. The summed E-state index contributed by atoms with van der Waals surface area (Å²) >= 11 is 3.41. The van der Waals surface area contributed by atoms with Crippen LogP contribution in [0.2, 0.25) is 0 Å². The van der Waals surface area contributed by atoms with Crippen molar-refractivity contribution in [1.29, 1.82) is 0 Å². The number of nitrogens with one attached hydrogen (secondary N) is 2. The maximum Gasteiger partial charge on any atom is 0.259 e. The molecular weight excluding hydrogens is 432 g/mol. The van der Waals surface area contributed by atoms with Gasteiger partial charge in [0, 0.05) is 21.3 Å². The van der Waals surface area contributed by atoms with E-state index in [-0.39, 0.29) is 17.4 Å². The van der Waals surface area contributed by atoms with Gasteiger partial charge in [-0.1, -0.05) is 35.8 Å². The summed E-state index contributed by atoms with van der Waals surface area (Å²) in [5.74, 6) is 0.575. The SMILES string of the molecule is CC(C)CCOc1ccc(Br)cc1C(=O)Nc1cccc(C(=O)NC(C)(C)C)c1. The Bertz CT molecular complexity index is 873. The minimum absolute atomic E-state index is 0.186. The number of hydrogen-bond acceptors (Lipinski definition) is 3. The Hall–Kier alpha value is -2.34. The lowest BCUT2D eigenvalue weighted by Crippen LogP contribution is -2.40. The molecule has 2 N–H and O–H groups in total. The van der Waals surface area contributed by atoms with Gasteiger partial charge in [0.1, 0.15) is 5.75 Å². The van der Waals surface area contributed by atoms with Crippen molar-refractivity contribution in [3.8, 4) is 5.75 Å². The van der Waals surface area contributed by atoms with Crippen LogP contribution < -0.4 is 15.4 Å². The molecule has 2 aromatic carbocycles. The van der Waals surface area contributed by atoms with E-state index in [0.717, 1.165) is 10.9 Å². The molecular formula is C23H29BrN2O3. The molecule has 29 heavy (non-hydrogen) atoms. The van der Waals surface area contributed by atoms with Gasteiger partial charge in [0.2, 0.25) is 0 Å². The van der Waals surface area contributed by atoms with Crippen molar-refractivity contribution in [3.05, 3.63) is 58.1 Å². The Morgan fingerprint density at radius 1 is 1.07 bits per heavy atom. The average molecular weight is 461 g/mol. The third-order valence-electron chi connectivity index (χ3n) is 4.01. The molecule has 0 saturated carbocycles. The van der Waals surface area contributed by atoms with Crippen LogP contribution >= 0.6 is 15.9 Å². The van der Waals surface area contributed by atoms with E-state index < -0.39 is 0 Å². The molecule has 0 unspecified atom stereocenters. The summed E-state index contributed by atoms with van der Waals surface area (Å²) in [6.07, 6.45) is 0.905. The van der Waals surface area contributed by atoms with Gasteiger partial charge in [0.15, 0.2) is 0 Å². The first-order valence-corrected chi connectivity index (χ1v) is 10.5. The van der Waals surface area contributed by atoms with Crippen molar-refractivity contribution in [3.63, 3.8) is 0 Å². The van der Waals surface area contributed by atoms with Crippen molar-refractivity contribution in [2.75, 3.05) is 11.9 Å². The van der Waals surface area contributed by atoms with Crippen molar-refractivity contribution >= 4 is 33.4 Å². The second-order valence-electron chi connectivity index (χ2n) is 8.41. The Kier molecular flexibility index (Phi) is 7.85. The molecule has 2 amide bonds. The van der Waals surface area contributed by atoms with E-state index in [1.807, 2.05) is 26.8 Å². The molecule has 0 heterocycles. The summed E-state index contributed by atoms with van der Waals surface area (Å²) in [6, 6.07) is 12.2. The van der Waals surface area contributed by atoms with Crippen molar-refractivity contribution in [1.82, 2.24) is 5.32 Å². The predicted molar refractivity (Wildman–Crippen MR) is 121 cm³/mol. The fourth-order valence-electron chi connectivity index (χ4n) is 2.56. The van der Waals surface area contributed by atoms with Gasteiger partial charge in [-0.15, -0.1) is 0 Å². The monoisotopic (exact) mass is 460 g/mol. The predicted octanol–water partition coefficient (Wildman–Crippen LogP) is 5.65. The number of carbonyl (C=O) groups is 2. The Balaban J connectivity index is 2.17. The standard InChI is InChI=1S/C23H29BrN2O3/c1-15(2)11-12-29-20-10-9-17(24)14-19(20)22(28)25-18-8-6-7-16(13-18)21(27)26-23(3,4)5/h6-10,13-15H,11-12H2,1-5H3,(H,25,28)(H,26,27). The van der Waals surface area contributed by atoms with Crippen LogP contribution in [-0.4, -0.2) is 24.0 Å². The molecule has 0 bridgehead atoms. The molecule has 6 heteroatoms. The largest absolute Gasteiger partial charge is 0.493 e. The summed E-state index contributed by atoms with van der Waals surface area (Å²) in [5, 5.41) is 5.78. The van der Waals surface area contributed by atoms with Crippen LogP contribution in [0.3, 0.4) is 0 Å². The number of rotatable bonds is 7. The fourth-order valence-corrected chi connectivity index (χ4v) is 2.92. The molecule has 0 aliphatic carbocycles. The van der Waals surface area contributed by atoms with E-state index in [0.29, 0.717) is 35.1 Å². The van der Waals surface area contributed by atoms with Crippen LogP contribution in [0.15, 0.2) is 46.9 Å². The summed E-state index contributed by atoms with van der Waals surface area (Å²) < 4.78 is 6.62. The third kappa shape index (κ3) is 7.54. The molecule has 156 valence electrons. The van der Waals surface area contributed by atoms with E-state index in [1.54, 1.807) is 36.4 Å². The third-order valence-corrected chi connectivity index (χ3v) is 4.50. The zero-order chi connectivity index (χ0) is 21.6. The number of benzene rings is 2. The molecule has 0 aliphatic heterocycles. The molecule has 0 radical (unpaired) electrons. The van der Waals surface area contributed by atoms with Crippen LogP contribution in [0.5, 0.6) is 5.75 Å². The Morgan fingerprint density at radius 2 is 1.79 bits per heavy atom. The molecule has 0 saturated heterocycles. The van der Waals surface area contributed by atoms with Gasteiger partial charge in [0.25, 0.3) is 11.8 Å². The van der Waals surface area contributed by atoms with Gasteiger partial charge >= 0.3 is 0 Å². The number of halogens is 1. The van der Waals surface area contributed by atoms with Crippen LogP contribution in [0.1, 0.15) is 61.8 Å². The lowest BCUT2D eigenvalue weighted by Gasteiger charge is -2.20. The van der Waals surface area contributed by atoms with E-state index >= 15 is 0 Å². The quantitative estimate of drug-likeness (QED) is 0.560. The van der Waals surface area contributed by atoms with Crippen LogP contribution in [-0.2, 0) is 0 Å². The molecule has 0 atom stereocenters. The van der Waals surface area contributed by atoms with Crippen LogP contribution in [0.4, 0.5) is 5.69 Å². The second-order valence-corrected chi connectivity index (χ2v) is 9.33. The zero-order valence-electron chi connectivity index (χ0n) is 17.6. The van der Waals surface area contributed by atoms with Crippen LogP contribution in [0.25, 0.3) is 0 Å². The minimum Gasteiger partial charge on any atom is -0.493 e. The molecule has 0 aliphatic rings. The highest BCUT2D eigenvalue weighted by Gasteiger charge is 2.17. The van der Waals surface area contributed by atoms with Crippen molar-refractivity contribution < 1.29 is 14.3 Å². The van der Waals surface area contributed by atoms with Gasteiger partial charge in [-0.2, -0.15) is 0 Å². The smallest absolute Gasteiger partial charge is 0.259 e. The van der Waals surface area contributed by atoms with Gasteiger partial charge in [-0.05, 0) is 69.5 Å². The number of hydrogen-bond donors (Lipinski definition) is 2.